The monoisotopic (exact) mass is 283 g/mol. The first-order valence-corrected chi connectivity index (χ1v) is 6.52. The topological polar surface area (TPSA) is 69.4 Å². The van der Waals surface area contributed by atoms with Crippen LogP contribution in [-0.4, -0.2) is 15.0 Å². The second-order valence-corrected chi connectivity index (χ2v) is 4.99. The van der Waals surface area contributed by atoms with Crippen LogP contribution in [0.2, 0.25) is 0 Å². The molecule has 0 saturated carbocycles. The van der Waals surface area contributed by atoms with E-state index < -0.39 is 38.8 Å². The summed E-state index contributed by atoms with van der Waals surface area (Å²) >= 11 is 0. The third kappa shape index (κ3) is 3.44. The summed E-state index contributed by atoms with van der Waals surface area (Å²) < 4.78 is 65.6. The van der Waals surface area contributed by atoms with E-state index in [1.165, 1.54) is 0 Å². The molecule has 0 aliphatic carbocycles. The smallest absolute Gasteiger partial charge is 0.377 e. The Labute approximate surface area is 103 Å². The van der Waals surface area contributed by atoms with E-state index in [4.69, 9.17) is 9.88 Å². The fraction of sp³-hybridized carbons (Fsp3) is 0.400. The van der Waals surface area contributed by atoms with Gasteiger partial charge in [-0.05, 0) is 19.1 Å². The molecule has 0 radical (unpaired) electrons. The molecular weight excluding hydrogens is 271 g/mol. The number of hydrogen-bond donors (Lipinski definition) is 1. The number of hydrogen-bond acceptors (Lipinski definition) is 3. The van der Waals surface area contributed by atoms with Crippen LogP contribution >= 0.6 is 0 Å². The Morgan fingerprint density at radius 1 is 1.33 bits per heavy atom. The summed E-state index contributed by atoms with van der Waals surface area (Å²) in [7, 11) is -4.23. The van der Waals surface area contributed by atoms with Crippen LogP contribution in [-0.2, 0) is 27.5 Å². The van der Waals surface area contributed by atoms with Gasteiger partial charge < -0.3 is 4.74 Å². The molecule has 102 valence electrons. The Bertz CT molecular complexity index is 526. The molecule has 4 nitrogen and oxygen atoms in total. The van der Waals surface area contributed by atoms with Crippen LogP contribution in [0, 0.1) is 0 Å². The highest BCUT2D eigenvalue weighted by Gasteiger charge is 2.35. The summed E-state index contributed by atoms with van der Waals surface area (Å²) in [6.45, 7) is 1.29. The number of alkyl halides is 3. The Kier molecular flexibility index (Phi) is 4.36. The minimum absolute atomic E-state index is 0.163. The number of benzene rings is 1. The lowest BCUT2D eigenvalue weighted by molar-refractivity contribution is -0.139. The predicted molar refractivity (Wildman–Crippen MR) is 58.1 cm³/mol. The Balaban J connectivity index is 3.45. The van der Waals surface area contributed by atoms with Crippen molar-refractivity contribution in [3.63, 3.8) is 0 Å². The van der Waals surface area contributed by atoms with E-state index in [1.54, 1.807) is 6.92 Å². The van der Waals surface area contributed by atoms with Crippen LogP contribution in [0.25, 0.3) is 0 Å². The number of ether oxygens (including phenoxy) is 1. The van der Waals surface area contributed by atoms with Gasteiger partial charge in [-0.15, -0.1) is 0 Å². The first-order chi connectivity index (χ1) is 8.18. The summed E-state index contributed by atoms with van der Waals surface area (Å²) in [5.74, 6) is 0. The van der Waals surface area contributed by atoms with Crippen molar-refractivity contribution in [2.75, 3.05) is 6.61 Å². The normalized spacial score (nSPS) is 12.7. The molecule has 0 fully saturated rings. The molecule has 0 aliphatic heterocycles. The highest BCUT2D eigenvalue weighted by atomic mass is 32.2. The number of nitrogens with two attached hydrogens (primary N) is 1. The maximum absolute atomic E-state index is 12.8. The molecule has 0 aromatic heterocycles. The van der Waals surface area contributed by atoms with E-state index >= 15 is 0 Å². The lowest BCUT2D eigenvalue weighted by Gasteiger charge is -2.15. The highest BCUT2D eigenvalue weighted by Crippen LogP contribution is 2.34. The van der Waals surface area contributed by atoms with E-state index in [1.807, 2.05) is 0 Å². The molecule has 0 amide bonds. The van der Waals surface area contributed by atoms with Crippen LogP contribution in [0.1, 0.15) is 18.1 Å². The van der Waals surface area contributed by atoms with Crippen molar-refractivity contribution in [2.24, 2.45) is 5.14 Å². The van der Waals surface area contributed by atoms with Crippen molar-refractivity contribution in [3.8, 4) is 0 Å². The molecule has 0 bridgehead atoms. The molecule has 0 atom stereocenters. The average Bonchev–Trinajstić information content (AvgIpc) is 2.23. The first kappa shape index (κ1) is 14.9. The standard InChI is InChI=1S/C10H12F3NO3S/c1-2-17-6-7-8(10(11,12)13)4-3-5-9(7)18(14,15)16/h3-5H,2,6H2,1H3,(H2,14,15,16). The van der Waals surface area contributed by atoms with Gasteiger partial charge in [-0.3, -0.25) is 0 Å². The summed E-state index contributed by atoms with van der Waals surface area (Å²) in [5, 5.41) is 4.89. The zero-order valence-corrected chi connectivity index (χ0v) is 10.3. The van der Waals surface area contributed by atoms with Crippen molar-refractivity contribution in [3.05, 3.63) is 29.3 Å². The molecule has 0 spiro atoms. The highest BCUT2D eigenvalue weighted by molar-refractivity contribution is 7.89. The molecule has 2 N–H and O–H groups in total. The van der Waals surface area contributed by atoms with Gasteiger partial charge in [0.1, 0.15) is 0 Å². The molecule has 1 rings (SSSR count). The van der Waals surface area contributed by atoms with Crippen molar-refractivity contribution in [1.29, 1.82) is 0 Å². The van der Waals surface area contributed by atoms with Crippen molar-refractivity contribution < 1.29 is 26.3 Å². The van der Waals surface area contributed by atoms with Crippen LogP contribution < -0.4 is 5.14 Å². The summed E-state index contributed by atoms with van der Waals surface area (Å²) in [4.78, 5) is -0.564. The van der Waals surface area contributed by atoms with Gasteiger partial charge in [0.25, 0.3) is 0 Å². The molecule has 0 saturated heterocycles. The van der Waals surface area contributed by atoms with Gasteiger partial charge in [-0.25, -0.2) is 13.6 Å². The Hall–Kier alpha value is -1.12. The van der Waals surface area contributed by atoms with Gasteiger partial charge in [0.05, 0.1) is 17.1 Å². The molecule has 18 heavy (non-hydrogen) atoms. The Morgan fingerprint density at radius 3 is 2.39 bits per heavy atom. The molecule has 0 aliphatic rings. The molecule has 0 unspecified atom stereocenters. The second-order valence-electron chi connectivity index (χ2n) is 3.46. The van der Waals surface area contributed by atoms with Gasteiger partial charge in [-0.1, -0.05) is 6.07 Å². The van der Waals surface area contributed by atoms with Crippen molar-refractivity contribution >= 4 is 10.0 Å². The van der Waals surface area contributed by atoms with Gasteiger partial charge in [-0.2, -0.15) is 13.2 Å². The number of halogens is 3. The fourth-order valence-corrected chi connectivity index (χ4v) is 2.23. The van der Waals surface area contributed by atoms with Crippen molar-refractivity contribution in [1.82, 2.24) is 0 Å². The summed E-state index contributed by atoms with van der Waals surface area (Å²) in [5.41, 5.74) is -1.52. The predicted octanol–water partition coefficient (Wildman–Crippen LogP) is 1.89. The number of primary sulfonamides is 1. The number of rotatable bonds is 4. The van der Waals surface area contributed by atoms with Crippen molar-refractivity contribution in [2.45, 2.75) is 24.6 Å². The van der Waals surface area contributed by atoms with E-state index in [0.717, 1.165) is 18.2 Å². The molecule has 8 heteroatoms. The van der Waals surface area contributed by atoms with Gasteiger partial charge >= 0.3 is 6.18 Å². The molecule has 1 aromatic rings. The van der Waals surface area contributed by atoms with E-state index in [-0.39, 0.29) is 6.61 Å². The van der Waals surface area contributed by atoms with E-state index in [0.29, 0.717) is 0 Å². The lowest BCUT2D eigenvalue weighted by Crippen LogP contribution is -2.19. The SMILES string of the molecule is CCOCc1c(C(F)(F)F)cccc1S(N)(=O)=O. The summed E-state index contributed by atoms with van der Waals surface area (Å²) in [6, 6.07) is 2.82. The van der Waals surface area contributed by atoms with Gasteiger partial charge in [0.15, 0.2) is 0 Å². The molecule has 0 heterocycles. The second kappa shape index (κ2) is 5.25. The quantitative estimate of drug-likeness (QED) is 0.917. The maximum Gasteiger partial charge on any atom is 0.416 e. The lowest BCUT2D eigenvalue weighted by atomic mass is 10.1. The molecular formula is C10H12F3NO3S. The maximum atomic E-state index is 12.8. The zero-order valence-electron chi connectivity index (χ0n) is 9.49. The van der Waals surface area contributed by atoms with Crippen LogP contribution in [0.4, 0.5) is 13.2 Å². The molecule has 1 aromatic carbocycles. The van der Waals surface area contributed by atoms with E-state index in [2.05, 4.69) is 0 Å². The third-order valence-electron chi connectivity index (χ3n) is 2.20. The summed E-state index contributed by atoms with van der Waals surface area (Å²) in [6.07, 6.45) is -4.66. The third-order valence-corrected chi connectivity index (χ3v) is 3.19. The average molecular weight is 283 g/mol. The van der Waals surface area contributed by atoms with E-state index in [9.17, 15) is 21.6 Å². The Morgan fingerprint density at radius 2 is 1.94 bits per heavy atom. The van der Waals surface area contributed by atoms with Crippen LogP contribution in [0.3, 0.4) is 0 Å². The minimum Gasteiger partial charge on any atom is -0.377 e. The zero-order chi connectivity index (χ0) is 14.0. The fourth-order valence-electron chi connectivity index (χ4n) is 1.45. The minimum atomic E-state index is -4.66. The largest absolute Gasteiger partial charge is 0.416 e. The van der Waals surface area contributed by atoms with Gasteiger partial charge in [0.2, 0.25) is 10.0 Å². The first-order valence-electron chi connectivity index (χ1n) is 4.97. The van der Waals surface area contributed by atoms with Crippen LogP contribution in [0.15, 0.2) is 23.1 Å². The number of sulfonamides is 1. The van der Waals surface area contributed by atoms with Gasteiger partial charge in [0, 0.05) is 12.2 Å². The van der Waals surface area contributed by atoms with Crippen LogP contribution in [0.5, 0.6) is 0 Å².